The zero-order chi connectivity index (χ0) is 11.5. The highest BCUT2D eigenvalue weighted by atomic mass is 32.1. The fourth-order valence-electron chi connectivity index (χ4n) is 1.44. The summed E-state index contributed by atoms with van der Waals surface area (Å²) in [5.74, 6) is 1.59. The van der Waals surface area contributed by atoms with Crippen LogP contribution in [0.25, 0.3) is 11.3 Å². The Morgan fingerprint density at radius 1 is 1.25 bits per heavy atom. The van der Waals surface area contributed by atoms with E-state index in [0.29, 0.717) is 0 Å². The molecule has 0 bridgehead atoms. The minimum atomic E-state index is 0.750. The van der Waals surface area contributed by atoms with Crippen molar-refractivity contribution in [1.82, 2.24) is 4.98 Å². The molecule has 0 saturated carbocycles. The van der Waals surface area contributed by atoms with Crippen LogP contribution in [-0.2, 0) is 0 Å². The predicted molar refractivity (Wildman–Crippen MR) is 68.0 cm³/mol. The molecule has 3 nitrogen and oxygen atoms in total. The summed E-state index contributed by atoms with van der Waals surface area (Å²) >= 11 is 6.56. The molecule has 1 aromatic carbocycles. The molecule has 84 valence electrons. The quantitative estimate of drug-likeness (QED) is 0.850. The first-order chi connectivity index (χ1) is 7.74. The van der Waals surface area contributed by atoms with Crippen LogP contribution in [0.2, 0.25) is 0 Å². The number of aromatic nitrogens is 1. The summed E-state index contributed by atoms with van der Waals surface area (Å²) in [7, 11) is 3.29. The molecule has 16 heavy (non-hydrogen) atoms. The number of ether oxygens (including phenoxy) is 2. The molecule has 2 aromatic rings. The molecule has 0 radical (unpaired) electrons. The Balaban J connectivity index is 2.56. The molecule has 0 aliphatic rings. The van der Waals surface area contributed by atoms with Gasteiger partial charge in [0, 0.05) is 10.9 Å². The highest BCUT2D eigenvalue weighted by Gasteiger charge is 2.08. The molecule has 0 saturated heterocycles. The first-order valence-electron chi connectivity index (χ1n) is 4.65. The molecule has 0 atom stereocenters. The van der Waals surface area contributed by atoms with E-state index >= 15 is 0 Å². The van der Waals surface area contributed by atoms with Gasteiger partial charge in [0.2, 0.25) is 0 Å². The van der Waals surface area contributed by atoms with Crippen LogP contribution in [0.3, 0.4) is 0 Å². The SMILES string of the molecule is COc1ccc(OC)c(-c2csc(=S)[nH]2)c1. The van der Waals surface area contributed by atoms with Gasteiger partial charge < -0.3 is 14.5 Å². The molecule has 0 aliphatic carbocycles. The van der Waals surface area contributed by atoms with Crippen molar-refractivity contribution in [1.29, 1.82) is 0 Å². The molecule has 1 N–H and O–H groups in total. The zero-order valence-corrected chi connectivity index (χ0v) is 10.6. The van der Waals surface area contributed by atoms with E-state index in [1.807, 2.05) is 23.6 Å². The molecule has 5 heteroatoms. The Labute approximate surface area is 103 Å². The molecular weight excluding hydrogens is 242 g/mol. The molecule has 2 rings (SSSR count). The number of thiazole rings is 1. The molecule has 0 amide bonds. The number of aromatic amines is 1. The average molecular weight is 253 g/mol. The van der Waals surface area contributed by atoms with E-state index < -0.39 is 0 Å². The maximum absolute atomic E-state index is 5.30. The number of methoxy groups -OCH3 is 2. The zero-order valence-electron chi connectivity index (χ0n) is 8.94. The summed E-state index contributed by atoms with van der Waals surface area (Å²) in [6, 6.07) is 5.66. The van der Waals surface area contributed by atoms with Crippen molar-refractivity contribution in [2.24, 2.45) is 0 Å². The third-order valence-corrected chi connectivity index (χ3v) is 3.28. The third kappa shape index (κ3) is 2.10. The monoisotopic (exact) mass is 253 g/mol. The van der Waals surface area contributed by atoms with Crippen molar-refractivity contribution in [2.75, 3.05) is 14.2 Å². The van der Waals surface area contributed by atoms with Crippen molar-refractivity contribution in [3.63, 3.8) is 0 Å². The number of rotatable bonds is 3. The lowest BCUT2D eigenvalue weighted by Gasteiger charge is -2.08. The second kappa shape index (κ2) is 4.67. The Morgan fingerprint density at radius 3 is 2.62 bits per heavy atom. The number of hydrogen-bond donors (Lipinski definition) is 1. The van der Waals surface area contributed by atoms with Crippen molar-refractivity contribution in [3.05, 3.63) is 27.5 Å². The first kappa shape index (κ1) is 11.2. The third-order valence-electron chi connectivity index (χ3n) is 2.22. The van der Waals surface area contributed by atoms with Crippen molar-refractivity contribution in [3.8, 4) is 22.8 Å². The van der Waals surface area contributed by atoms with E-state index in [2.05, 4.69) is 4.98 Å². The van der Waals surface area contributed by atoms with Crippen LogP contribution in [0.4, 0.5) is 0 Å². The summed E-state index contributed by atoms with van der Waals surface area (Å²) < 4.78 is 11.2. The van der Waals surface area contributed by atoms with Crippen LogP contribution >= 0.6 is 23.6 Å². The van der Waals surface area contributed by atoms with Gasteiger partial charge in [-0.25, -0.2) is 0 Å². The Morgan fingerprint density at radius 2 is 2.06 bits per heavy atom. The van der Waals surface area contributed by atoms with Crippen LogP contribution in [0.15, 0.2) is 23.6 Å². The highest BCUT2D eigenvalue weighted by molar-refractivity contribution is 7.73. The van der Waals surface area contributed by atoms with E-state index in [9.17, 15) is 0 Å². The van der Waals surface area contributed by atoms with Crippen molar-refractivity contribution >= 4 is 23.6 Å². The highest BCUT2D eigenvalue weighted by Crippen LogP contribution is 2.33. The van der Waals surface area contributed by atoms with E-state index in [1.54, 1.807) is 14.2 Å². The largest absolute Gasteiger partial charge is 0.497 e. The summed E-state index contributed by atoms with van der Waals surface area (Å²) in [4.78, 5) is 3.12. The van der Waals surface area contributed by atoms with Crippen LogP contribution < -0.4 is 9.47 Å². The smallest absolute Gasteiger partial charge is 0.158 e. The maximum atomic E-state index is 5.30. The van der Waals surface area contributed by atoms with E-state index in [-0.39, 0.29) is 0 Å². The van der Waals surface area contributed by atoms with E-state index in [1.165, 1.54) is 11.3 Å². The van der Waals surface area contributed by atoms with Gasteiger partial charge in [-0.3, -0.25) is 0 Å². The van der Waals surface area contributed by atoms with Gasteiger partial charge >= 0.3 is 0 Å². The number of H-pyrrole nitrogens is 1. The van der Waals surface area contributed by atoms with Gasteiger partial charge in [-0.2, -0.15) is 0 Å². The molecule has 1 heterocycles. The maximum Gasteiger partial charge on any atom is 0.158 e. The summed E-state index contributed by atoms with van der Waals surface area (Å²) in [6.45, 7) is 0. The lowest BCUT2D eigenvalue weighted by Crippen LogP contribution is -1.90. The number of nitrogens with one attached hydrogen (secondary N) is 1. The van der Waals surface area contributed by atoms with Crippen LogP contribution in [0, 0.1) is 3.95 Å². The first-order valence-corrected chi connectivity index (χ1v) is 5.93. The second-order valence-electron chi connectivity index (χ2n) is 3.13. The van der Waals surface area contributed by atoms with Gasteiger partial charge in [-0.05, 0) is 30.4 Å². The van der Waals surface area contributed by atoms with Gasteiger partial charge in [0.25, 0.3) is 0 Å². The molecule has 1 aromatic heterocycles. The minimum Gasteiger partial charge on any atom is -0.497 e. The van der Waals surface area contributed by atoms with Crippen LogP contribution in [0.1, 0.15) is 0 Å². The molecule has 0 aliphatic heterocycles. The second-order valence-corrected chi connectivity index (χ2v) is 4.67. The number of benzene rings is 1. The Bertz CT molecular complexity index is 545. The molecule has 0 fully saturated rings. The van der Waals surface area contributed by atoms with Gasteiger partial charge in [0.1, 0.15) is 11.5 Å². The van der Waals surface area contributed by atoms with E-state index in [0.717, 1.165) is 26.7 Å². The molecule has 0 spiro atoms. The Hall–Kier alpha value is -1.33. The van der Waals surface area contributed by atoms with Gasteiger partial charge in [-0.15, -0.1) is 11.3 Å². The standard InChI is InChI=1S/C11H11NO2S2/c1-13-7-3-4-10(14-2)8(5-7)9-6-16-11(15)12-9/h3-6H,1-2H3,(H,12,15). The van der Waals surface area contributed by atoms with Crippen molar-refractivity contribution < 1.29 is 9.47 Å². The van der Waals surface area contributed by atoms with Gasteiger partial charge in [-0.1, -0.05) is 0 Å². The summed E-state index contributed by atoms with van der Waals surface area (Å²) in [6.07, 6.45) is 0. The predicted octanol–water partition coefficient (Wildman–Crippen LogP) is 3.49. The fourth-order valence-corrected chi connectivity index (χ4v) is 2.27. The van der Waals surface area contributed by atoms with Crippen LogP contribution in [-0.4, -0.2) is 19.2 Å². The van der Waals surface area contributed by atoms with E-state index in [4.69, 9.17) is 21.7 Å². The average Bonchev–Trinajstić information content (AvgIpc) is 2.75. The van der Waals surface area contributed by atoms with Crippen molar-refractivity contribution in [2.45, 2.75) is 0 Å². The van der Waals surface area contributed by atoms with Gasteiger partial charge in [0.15, 0.2) is 3.95 Å². The summed E-state index contributed by atoms with van der Waals surface area (Å²) in [5.41, 5.74) is 1.90. The normalized spacial score (nSPS) is 10.1. The lowest BCUT2D eigenvalue weighted by molar-refractivity contribution is 0.404. The summed E-state index contributed by atoms with van der Waals surface area (Å²) in [5, 5.41) is 1.97. The molecular formula is C11H11NO2S2. The number of hydrogen-bond acceptors (Lipinski definition) is 4. The fraction of sp³-hybridized carbons (Fsp3) is 0.182. The van der Waals surface area contributed by atoms with Gasteiger partial charge in [0.05, 0.1) is 19.9 Å². The Kier molecular flexibility index (Phi) is 3.26. The topological polar surface area (TPSA) is 34.2 Å². The van der Waals surface area contributed by atoms with Crippen LogP contribution in [0.5, 0.6) is 11.5 Å². The minimum absolute atomic E-state index is 0.750. The lowest BCUT2D eigenvalue weighted by atomic mass is 10.1. The molecule has 0 unspecified atom stereocenters.